The van der Waals surface area contributed by atoms with Gasteiger partial charge in [0.25, 0.3) is 17.4 Å². The van der Waals surface area contributed by atoms with E-state index < -0.39 is 58.9 Å². The molecule has 2 amide bonds. The summed E-state index contributed by atoms with van der Waals surface area (Å²) in [6, 6.07) is 4.92. The number of ether oxygens (including phenoxy) is 1. The van der Waals surface area contributed by atoms with Crippen molar-refractivity contribution in [2.24, 2.45) is 18.9 Å². The van der Waals surface area contributed by atoms with Crippen molar-refractivity contribution in [3.8, 4) is 0 Å². The predicted molar refractivity (Wildman–Crippen MR) is 126 cm³/mol. The van der Waals surface area contributed by atoms with Gasteiger partial charge in [0.1, 0.15) is 17.4 Å². The Morgan fingerprint density at radius 1 is 0.971 bits per heavy atom. The van der Waals surface area contributed by atoms with E-state index in [4.69, 9.17) is 10.5 Å². The number of nitrogens with two attached hydrogens (primary N) is 1. The maximum absolute atomic E-state index is 13.0. The lowest BCUT2D eigenvalue weighted by atomic mass is 10.0. The van der Waals surface area contributed by atoms with Gasteiger partial charge in [-0.2, -0.15) is 0 Å². The maximum Gasteiger partial charge on any atom is 0.332 e. The fourth-order valence-electron chi connectivity index (χ4n) is 4.02. The van der Waals surface area contributed by atoms with E-state index in [9.17, 15) is 28.8 Å². The molecular weight excluding hydrogens is 456 g/mol. The number of hydrogen-bond acceptors (Lipinski definition) is 8. The minimum atomic E-state index is -1.29. The molecule has 0 spiro atoms. The van der Waals surface area contributed by atoms with Crippen molar-refractivity contribution < 1.29 is 23.9 Å². The van der Waals surface area contributed by atoms with Crippen LogP contribution in [0.3, 0.4) is 0 Å². The molecule has 2 aromatic rings. The number of esters is 1. The van der Waals surface area contributed by atoms with Gasteiger partial charge in [-0.3, -0.25) is 33.2 Å². The van der Waals surface area contributed by atoms with Gasteiger partial charge in [0.2, 0.25) is 5.78 Å². The zero-order valence-corrected chi connectivity index (χ0v) is 20.2. The van der Waals surface area contributed by atoms with Gasteiger partial charge in [-0.1, -0.05) is 39.8 Å². The van der Waals surface area contributed by atoms with Gasteiger partial charge in [-0.15, -0.1) is 0 Å². The zero-order chi connectivity index (χ0) is 26.2. The Kier molecular flexibility index (Phi) is 7.09. The molecule has 0 aliphatic carbocycles. The number of hydrogen-bond donors (Lipinski definition) is 1. The van der Waals surface area contributed by atoms with Crippen LogP contribution in [-0.2, 0) is 23.1 Å². The van der Waals surface area contributed by atoms with E-state index in [0.29, 0.717) is 0 Å². The molecule has 0 fully saturated rings. The number of nitrogen functional groups attached to an aromatic ring is 1. The molecule has 11 nitrogen and oxygen atoms in total. The second kappa shape index (κ2) is 9.69. The van der Waals surface area contributed by atoms with E-state index >= 15 is 0 Å². The summed E-state index contributed by atoms with van der Waals surface area (Å²) in [5.74, 6) is -3.98. The fraction of sp³-hybridized carbons (Fsp3) is 0.417. The molecular formula is C24H28N4O7. The molecule has 0 radical (unpaired) electrons. The number of carbonyl (C=O) groups excluding carboxylic acids is 4. The van der Waals surface area contributed by atoms with Crippen LogP contribution in [0.2, 0.25) is 0 Å². The van der Waals surface area contributed by atoms with Gasteiger partial charge < -0.3 is 10.5 Å². The van der Waals surface area contributed by atoms with Crippen LogP contribution < -0.4 is 17.0 Å². The molecule has 35 heavy (non-hydrogen) atoms. The highest BCUT2D eigenvalue weighted by atomic mass is 16.5. The second-order valence-electron chi connectivity index (χ2n) is 9.16. The first-order valence-electron chi connectivity index (χ1n) is 11.1. The largest absolute Gasteiger partial charge is 0.456 e. The van der Waals surface area contributed by atoms with E-state index in [1.54, 1.807) is 26.0 Å². The number of fused-ring (bicyclic) bond motifs is 1. The normalized spacial score (nSPS) is 14.0. The summed E-state index contributed by atoms with van der Waals surface area (Å²) in [5.41, 5.74) is 4.30. The van der Waals surface area contributed by atoms with Gasteiger partial charge in [0, 0.05) is 13.6 Å². The molecule has 1 aliphatic rings. The molecule has 1 aromatic carbocycles. The van der Waals surface area contributed by atoms with Crippen molar-refractivity contribution in [1.82, 2.24) is 14.0 Å². The van der Waals surface area contributed by atoms with Crippen LogP contribution in [0.15, 0.2) is 33.9 Å². The molecule has 0 saturated heterocycles. The average Bonchev–Trinajstić information content (AvgIpc) is 3.04. The van der Waals surface area contributed by atoms with Gasteiger partial charge in [-0.05, 0) is 24.0 Å². The van der Waals surface area contributed by atoms with Crippen LogP contribution in [0, 0.1) is 11.8 Å². The molecule has 0 unspecified atom stereocenters. The fourth-order valence-corrected chi connectivity index (χ4v) is 4.02. The van der Waals surface area contributed by atoms with Crippen molar-refractivity contribution >= 4 is 29.4 Å². The molecule has 1 aromatic heterocycles. The highest BCUT2D eigenvalue weighted by Gasteiger charge is 2.44. The Morgan fingerprint density at radius 3 is 2.00 bits per heavy atom. The SMILES string of the molecule is CC(C)Cn1c(N)c(C(=O)COC(=O)[C@H](C(C)C)N2C(=O)c3ccccc3C2=O)c(=O)n(C)c1=O. The van der Waals surface area contributed by atoms with Crippen LogP contribution in [-0.4, -0.2) is 50.2 Å². The van der Waals surface area contributed by atoms with Crippen molar-refractivity contribution in [1.29, 1.82) is 0 Å². The monoisotopic (exact) mass is 484 g/mol. The highest BCUT2D eigenvalue weighted by Crippen LogP contribution is 2.27. The van der Waals surface area contributed by atoms with Crippen LogP contribution in [0.4, 0.5) is 5.82 Å². The third-order valence-corrected chi connectivity index (χ3v) is 5.73. The molecule has 0 bridgehead atoms. The van der Waals surface area contributed by atoms with Crippen LogP contribution >= 0.6 is 0 Å². The summed E-state index contributed by atoms with van der Waals surface area (Å²) < 4.78 is 7.05. The number of rotatable bonds is 8. The Bertz CT molecular complexity index is 1300. The van der Waals surface area contributed by atoms with Crippen LogP contribution in [0.1, 0.15) is 58.8 Å². The number of carbonyl (C=O) groups is 4. The highest BCUT2D eigenvalue weighted by molar-refractivity contribution is 6.22. The number of nitrogens with zero attached hydrogens (tertiary/aromatic N) is 3. The van der Waals surface area contributed by atoms with E-state index in [2.05, 4.69) is 0 Å². The lowest BCUT2D eigenvalue weighted by molar-refractivity contribution is -0.148. The average molecular weight is 485 g/mol. The lowest BCUT2D eigenvalue weighted by Gasteiger charge is -2.27. The van der Waals surface area contributed by atoms with E-state index in [-0.39, 0.29) is 29.4 Å². The van der Waals surface area contributed by atoms with Gasteiger partial charge in [-0.25, -0.2) is 9.59 Å². The standard InChI is InChI=1S/C24H28N4O7/c1-12(2)10-27-19(25)17(22(32)26(5)24(27)34)16(29)11-35-23(33)18(13(3)4)28-20(30)14-8-6-7-9-15(14)21(28)31/h6-9,12-13,18H,10-11,25H2,1-5H3/t18-/m0/s1. The molecule has 11 heteroatoms. The number of ketones is 1. The first-order chi connectivity index (χ1) is 16.4. The number of anilines is 1. The number of benzene rings is 1. The number of imide groups is 1. The number of aromatic nitrogens is 2. The van der Waals surface area contributed by atoms with Crippen molar-refractivity contribution in [2.45, 2.75) is 40.3 Å². The summed E-state index contributed by atoms with van der Waals surface area (Å²) in [7, 11) is 1.22. The molecule has 186 valence electrons. The molecule has 2 heterocycles. The first kappa shape index (κ1) is 25.6. The summed E-state index contributed by atoms with van der Waals surface area (Å²) in [5, 5.41) is 0. The number of Topliss-reactive ketones (excluding diaryl/α,β-unsaturated/α-hetero) is 1. The Hall–Kier alpha value is -4.02. The molecule has 1 atom stereocenters. The maximum atomic E-state index is 13.0. The minimum absolute atomic E-state index is 0.000241. The summed E-state index contributed by atoms with van der Waals surface area (Å²) in [4.78, 5) is 77.4. The lowest BCUT2D eigenvalue weighted by Crippen LogP contribution is -2.49. The Labute approximate surface area is 201 Å². The van der Waals surface area contributed by atoms with Crippen molar-refractivity contribution in [2.75, 3.05) is 12.3 Å². The number of amides is 2. The van der Waals surface area contributed by atoms with Crippen LogP contribution in [0.5, 0.6) is 0 Å². The van der Waals surface area contributed by atoms with E-state index in [0.717, 1.165) is 14.0 Å². The van der Waals surface area contributed by atoms with E-state index in [1.165, 1.54) is 19.2 Å². The molecule has 1 aliphatic heterocycles. The Morgan fingerprint density at radius 2 is 1.51 bits per heavy atom. The van der Waals surface area contributed by atoms with Crippen LogP contribution in [0.25, 0.3) is 0 Å². The summed E-state index contributed by atoms with van der Waals surface area (Å²) in [6.07, 6.45) is 0. The van der Waals surface area contributed by atoms with Crippen molar-refractivity contribution in [3.05, 3.63) is 61.8 Å². The topological polar surface area (TPSA) is 151 Å². The third kappa shape index (κ3) is 4.53. The molecule has 0 saturated carbocycles. The molecule has 2 N–H and O–H groups in total. The molecule has 3 rings (SSSR count). The zero-order valence-electron chi connectivity index (χ0n) is 20.2. The minimum Gasteiger partial charge on any atom is -0.456 e. The van der Waals surface area contributed by atoms with Crippen molar-refractivity contribution in [3.63, 3.8) is 0 Å². The quantitative estimate of drug-likeness (QED) is 0.329. The third-order valence-electron chi connectivity index (χ3n) is 5.73. The smallest absolute Gasteiger partial charge is 0.332 e. The first-order valence-corrected chi connectivity index (χ1v) is 11.1. The van der Waals surface area contributed by atoms with Gasteiger partial charge >= 0.3 is 11.7 Å². The van der Waals surface area contributed by atoms with Gasteiger partial charge in [0.15, 0.2) is 6.61 Å². The van der Waals surface area contributed by atoms with E-state index in [1.807, 2.05) is 13.8 Å². The predicted octanol–water partition coefficient (Wildman–Crippen LogP) is 0.832. The second-order valence-corrected chi connectivity index (χ2v) is 9.16. The summed E-state index contributed by atoms with van der Waals surface area (Å²) >= 11 is 0. The Balaban J connectivity index is 1.86. The van der Waals surface area contributed by atoms with Gasteiger partial charge in [0.05, 0.1) is 11.1 Å². The summed E-state index contributed by atoms with van der Waals surface area (Å²) in [6.45, 7) is 6.26.